The van der Waals surface area contributed by atoms with Gasteiger partial charge in [0, 0.05) is 57.2 Å². The van der Waals surface area contributed by atoms with Gasteiger partial charge in [0.1, 0.15) is 5.82 Å². The summed E-state index contributed by atoms with van der Waals surface area (Å²) in [6.07, 6.45) is 7.28. The number of amides is 2. The molecule has 2 saturated heterocycles. The first-order valence-corrected chi connectivity index (χ1v) is 10.7. The summed E-state index contributed by atoms with van der Waals surface area (Å²) in [5.74, 6) is 1.43. The van der Waals surface area contributed by atoms with Crippen molar-refractivity contribution in [2.45, 2.75) is 64.5 Å². The van der Waals surface area contributed by atoms with E-state index in [1.54, 1.807) is 6.92 Å². The van der Waals surface area contributed by atoms with Gasteiger partial charge >= 0.3 is 0 Å². The smallest absolute Gasteiger partial charge is 0.239 e. The van der Waals surface area contributed by atoms with Crippen LogP contribution in [0.25, 0.3) is 0 Å². The fourth-order valence-electron chi connectivity index (χ4n) is 4.70. The summed E-state index contributed by atoms with van der Waals surface area (Å²) in [5, 5.41) is 0. The van der Waals surface area contributed by atoms with Gasteiger partial charge in [-0.15, -0.1) is 0 Å². The van der Waals surface area contributed by atoms with Gasteiger partial charge < -0.3 is 9.80 Å². The molecule has 2 atom stereocenters. The van der Waals surface area contributed by atoms with Crippen molar-refractivity contribution in [3.63, 3.8) is 0 Å². The topological polar surface area (TPSA) is 69.6 Å². The average molecular weight is 386 g/mol. The van der Waals surface area contributed by atoms with E-state index < -0.39 is 0 Å². The molecule has 0 radical (unpaired) electrons. The van der Waals surface area contributed by atoms with Crippen molar-refractivity contribution < 1.29 is 9.59 Å². The van der Waals surface area contributed by atoms with Crippen LogP contribution in [0.15, 0.2) is 6.20 Å². The Bertz CT molecular complexity index is 746. The second kappa shape index (κ2) is 8.15. The van der Waals surface area contributed by atoms with E-state index in [1.807, 2.05) is 22.9 Å². The van der Waals surface area contributed by atoms with Gasteiger partial charge in [0.2, 0.25) is 11.8 Å². The predicted molar refractivity (Wildman–Crippen MR) is 106 cm³/mol. The second-order valence-electron chi connectivity index (χ2n) is 8.43. The molecule has 3 aliphatic heterocycles. The van der Waals surface area contributed by atoms with Gasteiger partial charge in [-0.1, -0.05) is 6.42 Å². The maximum atomic E-state index is 13.0. The Morgan fingerprint density at radius 1 is 1.11 bits per heavy atom. The maximum Gasteiger partial charge on any atom is 0.239 e. The van der Waals surface area contributed by atoms with Crippen molar-refractivity contribution in [2.24, 2.45) is 0 Å². The summed E-state index contributed by atoms with van der Waals surface area (Å²) in [6.45, 7) is 8.56. The molecule has 0 aromatic carbocycles. The van der Waals surface area contributed by atoms with Crippen molar-refractivity contribution >= 4 is 11.8 Å². The molecule has 2 amide bonds. The molecule has 0 spiro atoms. The lowest BCUT2D eigenvalue weighted by molar-refractivity contribution is -0.137. The van der Waals surface area contributed by atoms with Crippen LogP contribution in [0.1, 0.15) is 62.5 Å². The monoisotopic (exact) mass is 385 g/mol. The van der Waals surface area contributed by atoms with Crippen molar-refractivity contribution in [3.8, 4) is 0 Å². The highest BCUT2D eigenvalue weighted by molar-refractivity contribution is 5.81. The first-order chi connectivity index (χ1) is 13.5. The van der Waals surface area contributed by atoms with E-state index in [9.17, 15) is 9.59 Å². The minimum absolute atomic E-state index is 0.0434. The number of likely N-dealkylation sites (tertiary alicyclic amines) is 2. The lowest BCUT2D eigenvalue weighted by Gasteiger charge is -2.36. The Balaban J connectivity index is 1.40. The molecule has 7 heteroatoms. The summed E-state index contributed by atoms with van der Waals surface area (Å²) >= 11 is 0. The zero-order valence-electron chi connectivity index (χ0n) is 17.1. The number of rotatable bonds is 3. The summed E-state index contributed by atoms with van der Waals surface area (Å²) in [4.78, 5) is 40.1. The van der Waals surface area contributed by atoms with Crippen LogP contribution in [-0.2, 0) is 22.6 Å². The normalized spacial score (nSPS) is 24.1. The Morgan fingerprint density at radius 2 is 1.89 bits per heavy atom. The quantitative estimate of drug-likeness (QED) is 0.790. The number of aromatic nitrogens is 2. The van der Waals surface area contributed by atoms with Crippen LogP contribution in [-0.4, -0.2) is 75.2 Å². The van der Waals surface area contributed by atoms with Crippen molar-refractivity contribution in [3.05, 3.63) is 23.3 Å². The molecular formula is C21H31N5O2. The number of fused-ring (bicyclic) bond motifs is 1. The van der Waals surface area contributed by atoms with Crippen LogP contribution in [0, 0.1) is 0 Å². The molecule has 0 N–H and O–H groups in total. The van der Waals surface area contributed by atoms with Crippen LogP contribution in [0.5, 0.6) is 0 Å². The second-order valence-corrected chi connectivity index (χ2v) is 8.43. The lowest BCUT2D eigenvalue weighted by Crippen LogP contribution is -2.50. The highest BCUT2D eigenvalue weighted by atomic mass is 16.2. The van der Waals surface area contributed by atoms with Crippen LogP contribution in [0.3, 0.4) is 0 Å². The Kier molecular flexibility index (Phi) is 5.62. The SMILES string of the molecule is CC(=O)N1CC[C@H](c2ncc3c(n2)CCN(C(=O)[C@@H](C)N2CCCCC2)C3)C1. The van der Waals surface area contributed by atoms with Crippen LogP contribution in [0.4, 0.5) is 0 Å². The van der Waals surface area contributed by atoms with E-state index in [0.717, 1.165) is 56.1 Å². The third-order valence-electron chi connectivity index (χ3n) is 6.56. The molecule has 2 fully saturated rings. The van der Waals surface area contributed by atoms with Gasteiger partial charge in [0.15, 0.2) is 0 Å². The van der Waals surface area contributed by atoms with E-state index >= 15 is 0 Å². The number of carbonyl (C=O) groups is 2. The van der Waals surface area contributed by atoms with Crippen LogP contribution < -0.4 is 0 Å². The number of hydrogen-bond donors (Lipinski definition) is 0. The first-order valence-electron chi connectivity index (χ1n) is 10.7. The Hall–Kier alpha value is -2.02. The average Bonchev–Trinajstić information content (AvgIpc) is 3.23. The van der Waals surface area contributed by atoms with E-state index in [2.05, 4.69) is 9.88 Å². The van der Waals surface area contributed by atoms with E-state index in [1.165, 1.54) is 19.3 Å². The fourth-order valence-corrected chi connectivity index (χ4v) is 4.70. The molecular weight excluding hydrogens is 354 g/mol. The molecule has 1 aromatic rings. The van der Waals surface area contributed by atoms with Crippen molar-refractivity contribution in [1.29, 1.82) is 0 Å². The molecule has 4 heterocycles. The van der Waals surface area contributed by atoms with Gasteiger partial charge in [0.05, 0.1) is 11.7 Å². The molecule has 1 aromatic heterocycles. The molecule has 3 aliphatic rings. The standard InChI is InChI=1S/C21H31N5O2/c1-15(24-8-4-3-5-9-24)21(28)26-11-7-19-18(14-26)12-22-20(23-19)17-6-10-25(13-17)16(2)27/h12,15,17H,3-11,13-14H2,1-2H3/t15-,17+/m1/s1. The van der Waals surface area contributed by atoms with Crippen LogP contribution in [0.2, 0.25) is 0 Å². The van der Waals surface area contributed by atoms with E-state index in [-0.39, 0.29) is 23.8 Å². The van der Waals surface area contributed by atoms with Gasteiger partial charge in [-0.2, -0.15) is 0 Å². The van der Waals surface area contributed by atoms with Gasteiger partial charge in [-0.05, 0) is 39.3 Å². The van der Waals surface area contributed by atoms with Crippen molar-refractivity contribution in [2.75, 3.05) is 32.7 Å². The Morgan fingerprint density at radius 3 is 2.61 bits per heavy atom. The predicted octanol–water partition coefficient (Wildman–Crippen LogP) is 1.57. The molecule has 7 nitrogen and oxygen atoms in total. The van der Waals surface area contributed by atoms with Crippen LogP contribution >= 0.6 is 0 Å². The summed E-state index contributed by atoms with van der Waals surface area (Å²) in [6, 6.07) is -0.0434. The van der Waals surface area contributed by atoms with Gasteiger partial charge in [-0.25, -0.2) is 9.97 Å². The van der Waals surface area contributed by atoms with E-state index in [4.69, 9.17) is 4.98 Å². The zero-order chi connectivity index (χ0) is 19.7. The molecule has 4 rings (SSSR count). The highest BCUT2D eigenvalue weighted by Crippen LogP contribution is 2.27. The summed E-state index contributed by atoms with van der Waals surface area (Å²) in [5.41, 5.74) is 2.14. The number of piperidine rings is 1. The molecule has 152 valence electrons. The van der Waals surface area contributed by atoms with Gasteiger partial charge in [0.25, 0.3) is 0 Å². The minimum atomic E-state index is -0.0434. The highest BCUT2D eigenvalue weighted by Gasteiger charge is 2.31. The number of hydrogen-bond acceptors (Lipinski definition) is 5. The molecule has 0 aliphatic carbocycles. The fraction of sp³-hybridized carbons (Fsp3) is 0.714. The van der Waals surface area contributed by atoms with Crippen molar-refractivity contribution in [1.82, 2.24) is 24.7 Å². The maximum absolute atomic E-state index is 13.0. The van der Waals surface area contributed by atoms with Gasteiger partial charge in [-0.3, -0.25) is 14.5 Å². The first kappa shape index (κ1) is 19.3. The molecule has 0 saturated carbocycles. The lowest BCUT2D eigenvalue weighted by atomic mass is 10.0. The third kappa shape index (κ3) is 3.90. The summed E-state index contributed by atoms with van der Waals surface area (Å²) in [7, 11) is 0. The number of carbonyl (C=O) groups excluding carboxylic acids is 2. The molecule has 0 unspecified atom stereocenters. The summed E-state index contributed by atoms with van der Waals surface area (Å²) < 4.78 is 0. The minimum Gasteiger partial charge on any atom is -0.342 e. The largest absolute Gasteiger partial charge is 0.342 e. The number of nitrogens with zero attached hydrogens (tertiary/aromatic N) is 5. The molecule has 0 bridgehead atoms. The zero-order valence-corrected chi connectivity index (χ0v) is 17.1. The Labute approximate surface area is 167 Å². The molecule has 28 heavy (non-hydrogen) atoms. The van der Waals surface area contributed by atoms with E-state index in [0.29, 0.717) is 13.1 Å². The third-order valence-corrected chi connectivity index (χ3v) is 6.56.